The van der Waals surface area contributed by atoms with Gasteiger partial charge in [-0.1, -0.05) is 25.6 Å². The lowest BCUT2D eigenvalue weighted by Crippen LogP contribution is -2.38. The molecule has 2 aromatic rings. The van der Waals surface area contributed by atoms with E-state index in [0.717, 1.165) is 22.7 Å². The Morgan fingerprint density at radius 1 is 1.21 bits per heavy atom. The number of aliphatic carboxylic acids is 1. The van der Waals surface area contributed by atoms with Crippen molar-refractivity contribution < 1.29 is 9.90 Å². The number of hydrogen-bond acceptors (Lipinski definition) is 6. The van der Waals surface area contributed by atoms with Crippen LogP contribution >= 0.6 is 11.8 Å². The van der Waals surface area contributed by atoms with E-state index in [9.17, 15) is 19.5 Å². The number of aromatic nitrogens is 4. The van der Waals surface area contributed by atoms with Crippen LogP contribution in [0, 0.1) is 0 Å². The number of thioether (sulfide) groups is 1. The molecule has 0 aromatic carbocycles. The molecule has 2 aromatic heterocycles. The van der Waals surface area contributed by atoms with Gasteiger partial charge in [-0.2, -0.15) is 0 Å². The van der Waals surface area contributed by atoms with Crippen molar-refractivity contribution in [1.82, 2.24) is 19.1 Å². The first-order valence-corrected chi connectivity index (χ1v) is 8.55. The average Bonchev–Trinajstić information content (AvgIpc) is 2.55. The zero-order chi connectivity index (χ0) is 18.0. The van der Waals surface area contributed by atoms with E-state index >= 15 is 0 Å². The maximum Gasteiger partial charge on any atom is 0.332 e. The molecule has 0 saturated heterocycles. The molecule has 2 heterocycles. The highest BCUT2D eigenvalue weighted by Crippen LogP contribution is 2.28. The van der Waals surface area contributed by atoms with E-state index in [1.807, 2.05) is 6.92 Å². The summed E-state index contributed by atoms with van der Waals surface area (Å²) in [5.74, 6) is -0.469. The fourth-order valence-electron chi connectivity index (χ4n) is 2.34. The molecule has 0 amide bonds. The second-order valence-corrected chi connectivity index (χ2v) is 6.64. The number of carboxylic acids is 1. The lowest BCUT2D eigenvalue weighted by molar-refractivity contribution is -0.136. The summed E-state index contributed by atoms with van der Waals surface area (Å²) in [6.07, 6.45) is 1.77. The summed E-state index contributed by atoms with van der Waals surface area (Å²) in [7, 11) is 2.92. The Kier molecular flexibility index (Phi) is 5.43. The highest BCUT2D eigenvalue weighted by molar-refractivity contribution is 8.00. The van der Waals surface area contributed by atoms with Crippen LogP contribution in [-0.2, 0) is 25.3 Å². The lowest BCUT2D eigenvalue weighted by atomic mass is 10.3. The Hall–Kier alpha value is -2.16. The molecular formula is C15H20N4O4S. The molecule has 0 radical (unpaired) electrons. The molecule has 0 saturated carbocycles. The fourth-order valence-corrected chi connectivity index (χ4v) is 3.33. The first-order chi connectivity index (χ1) is 11.3. The molecule has 0 unspecified atom stereocenters. The monoisotopic (exact) mass is 352 g/mol. The number of carbonyl (C=O) groups is 1. The summed E-state index contributed by atoms with van der Waals surface area (Å²) in [6.45, 7) is 3.73. The van der Waals surface area contributed by atoms with E-state index < -0.39 is 22.5 Å². The van der Waals surface area contributed by atoms with Crippen molar-refractivity contribution in [3.05, 3.63) is 26.7 Å². The Labute approximate surface area is 142 Å². The molecule has 0 aliphatic rings. The molecule has 1 atom stereocenters. The number of aryl methyl sites for hydroxylation is 2. The van der Waals surface area contributed by atoms with Crippen molar-refractivity contribution in [2.75, 3.05) is 0 Å². The van der Waals surface area contributed by atoms with Gasteiger partial charge >= 0.3 is 11.7 Å². The van der Waals surface area contributed by atoms with Gasteiger partial charge in [0, 0.05) is 20.5 Å². The van der Waals surface area contributed by atoms with Gasteiger partial charge in [-0.15, -0.1) is 0 Å². The predicted molar refractivity (Wildman–Crippen MR) is 91.6 cm³/mol. The first-order valence-electron chi connectivity index (χ1n) is 7.67. The van der Waals surface area contributed by atoms with Crippen LogP contribution in [0.4, 0.5) is 0 Å². The Bertz CT molecular complexity index is 903. The van der Waals surface area contributed by atoms with Crippen molar-refractivity contribution in [2.24, 2.45) is 14.1 Å². The SMILES string of the molecule is CCCc1nc(S[C@H](CC)C(=O)O)c2c(=O)n(C)c(=O)n(C)c2n1. The van der Waals surface area contributed by atoms with Crippen LogP contribution in [0.2, 0.25) is 0 Å². The predicted octanol–water partition coefficient (Wildman–Crippen LogP) is 0.935. The van der Waals surface area contributed by atoms with Crippen molar-refractivity contribution in [1.29, 1.82) is 0 Å². The molecule has 0 aliphatic carbocycles. The molecule has 1 N–H and O–H groups in total. The van der Waals surface area contributed by atoms with Crippen molar-refractivity contribution in [3.63, 3.8) is 0 Å². The molecule has 0 spiro atoms. The van der Waals surface area contributed by atoms with Gasteiger partial charge in [-0.25, -0.2) is 14.8 Å². The summed E-state index contributed by atoms with van der Waals surface area (Å²) in [5, 5.41) is 9.07. The van der Waals surface area contributed by atoms with Crippen molar-refractivity contribution in [3.8, 4) is 0 Å². The number of rotatable bonds is 6. The minimum atomic E-state index is -0.965. The van der Waals surface area contributed by atoms with Crippen LogP contribution in [0.5, 0.6) is 0 Å². The van der Waals surface area contributed by atoms with Gasteiger partial charge in [0.1, 0.15) is 21.5 Å². The van der Waals surface area contributed by atoms with Crippen molar-refractivity contribution >= 4 is 28.8 Å². The van der Waals surface area contributed by atoms with Gasteiger partial charge in [0.05, 0.1) is 0 Å². The van der Waals surface area contributed by atoms with Gasteiger partial charge in [0.15, 0.2) is 5.65 Å². The Balaban J connectivity index is 2.83. The molecule has 9 heteroatoms. The van der Waals surface area contributed by atoms with Crippen molar-refractivity contribution in [2.45, 2.75) is 43.4 Å². The third-order valence-electron chi connectivity index (χ3n) is 3.69. The van der Waals surface area contributed by atoms with E-state index in [1.54, 1.807) is 6.92 Å². The zero-order valence-electron chi connectivity index (χ0n) is 14.1. The normalized spacial score (nSPS) is 12.5. The smallest absolute Gasteiger partial charge is 0.332 e. The molecule has 8 nitrogen and oxygen atoms in total. The maximum atomic E-state index is 12.5. The van der Waals surface area contributed by atoms with E-state index in [0.29, 0.717) is 23.7 Å². The van der Waals surface area contributed by atoms with Gasteiger partial charge in [-0.3, -0.25) is 18.7 Å². The number of carboxylic acid groups (broad SMARTS) is 1. The van der Waals surface area contributed by atoms with E-state index in [2.05, 4.69) is 9.97 Å². The third kappa shape index (κ3) is 3.21. The van der Waals surface area contributed by atoms with E-state index in [4.69, 9.17) is 0 Å². The second-order valence-electron chi connectivity index (χ2n) is 5.45. The standard InChI is InChI=1S/C15H20N4O4S/c1-5-7-9-16-11-10(13(20)19(4)15(23)18(11)3)12(17-9)24-8(6-2)14(21)22/h8H,5-7H2,1-4H3,(H,21,22)/t8-/m1/s1. The van der Waals surface area contributed by atoms with Gasteiger partial charge in [0.2, 0.25) is 0 Å². The quantitative estimate of drug-likeness (QED) is 0.609. The highest BCUT2D eigenvalue weighted by Gasteiger charge is 2.23. The van der Waals surface area contributed by atoms with Crippen LogP contribution in [0.1, 0.15) is 32.5 Å². The minimum Gasteiger partial charge on any atom is -0.480 e. The summed E-state index contributed by atoms with van der Waals surface area (Å²) >= 11 is 1.02. The van der Waals surface area contributed by atoms with Gasteiger partial charge in [0.25, 0.3) is 5.56 Å². The Morgan fingerprint density at radius 2 is 1.88 bits per heavy atom. The summed E-state index contributed by atoms with van der Waals surface area (Å²) in [5.41, 5.74) is -0.752. The largest absolute Gasteiger partial charge is 0.480 e. The van der Waals surface area contributed by atoms with E-state index in [1.165, 1.54) is 18.7 Å². The molecule has 0 fully saturated rings. The van der Waals surface area contributed by atoms with Crippen LogP contribution in [-0.4, -0.2) is 35.4 Å². The molecule has 130 valence electrons. The van der Waals surface area contributed by atoms with Crippen LogP contribution in [0.3, 0.4) is 0 Å². The summed E-state index contributed by atoms with van der Waals surface area (Å²) in [6, 6.07) is 0. The first kappa shape index (κ1) is 18.2. The van der Waals surface area contributed by atoms with Gasteiger partial charge < -0.3 is 5.11 Å². The lowest BCUT2D eigenvalue weighted by Gasteiger charge is -2.14. The van der Waals surface area contributed by atoms with Gasteiger partial charge in [-0.05, 0) is 12.8 Å². The topological polar surface area (TPSA) is 107 Å². The third-order valence-corrected chi connectivity index (χ3v) is 5.02. The van der Waals surface area contributed by atoms with E-state index in [-0.39, 0.29) is 11.0 Å². The maximum absolute atomic E-state index is 12.5. The zero-order valence-corrected chi connectivity index (χ0v) is 14.9. The van der Waals surface area contributed by atoms with Crippen LogP contribution < -0.4 is 11.2 Å². The molecular weight excluding hydrogens is 332 g/mol. The average molecular weight is 352 g/mol. The highest BCUT2D eigenvalue weighted by atomic mass is 32.2. The molecule has 0 aliphatic heterocycles. The van der Waals surface area contributed by atoms with Crippen LogP contribution in [0.15, 0.2) is 14.6 Å². The summed E-state index contributed by atoms with van der Waals surface area (Å²) in [4.78, 5) is 44.8. The molecule has 0 bridgehead atoms. The molecule has 24 heavy (non-hydrogen) atoms. The fraction of sp³-hybridized carbons (Fsp3) is 0.533. The Morgan fingerprint density at radius 3 is 2.42 bits per heavy atom. The molecule has 2 rings (SSSR count). The summed E-state index contributed by atoms with van der Waals surface area (Å²) < 4.78 is 2.28. The number of fused-ring (bicyclic) bond motifs is 1. The second kappa shape index (κ2) is 7.16. The number of hydrogen-bond donors (Lipinski definition) is 1. The van der Waals surface area contributed by atoms with Crippen LogP contribution in [0.25, 0.3) is 11.0 Å². The number of nitrogens with zero attached hydrogens (tertiary/aromatic N) is 4. The minimum absolute atomic E-state index is 0.184.